The van der Waals surface area contributed by atoms with Crippen molar-refractivity contribution in [2.45, 2.75) is 6.17 Å². The summed E-state index contributed by atoms with van der Waals surface area (Å²) in [5.41, 5.74) is 0. The summed E-state index contributed by atoms with van der Waals surface area (Å²) >= 11 is 0. The van der Waals surface area contributed by atoms with E-state index in [0.717, 1.165) is 0 Å². The Morgan fingerprint density at radius 3 is 2.82 bits per heavy atom. The maximum Gasteiger partial charge on any atom is 0.298 e. The number of hydrogen-bond donors (Lipinski definition) is 1. The van der Waals surface area contributed by atoms with Crippen LogP contribution in [0.25, 0.3) is 0 Å². The van der Waals surface area contributed by atoms with Gasteiger partial charge in [0.25, 0.3) is 5.91 Å². The smallest absolute Gasteiger partial charge is 0.298 e. The van der Waals surface area contributed by atoms with Crippen molar-refractivity contribution in [1.82, 2.24) is 4.90 Å². The Kier molecular flexibility index (Phi) is 2.44. The molecule has 0 atom stereocenters. The molecule has 1 aliphatic rings. The minimum atomic E-state index is -0.894. The predicted octanol–water partition coefficient (Wildman–Crippen LogP) is -0.838. The zero-order valence-corrected chi connectivity index (χ0v) is 5.88. The molecule has 1 N–H and O–H groups in total. The van der Waals surface area contributed by atoms with Crippen molar-refractivity contribution in [1.29, 1.82) is 0 Å². The number of likely N-dealkylation sites (tertiary alicyclic amines) is 1. The number of rotatable bonds is 0. The molecule has 1 saturated heterocycles. The van der Waals surface area contributed by atoms with Gasteiger partial charge in [-0.1, -0.05) is 5.92 Å². The zero-order chi connectivity index (χ0) is 8.27. The lowest BCUT2D eigenvalue weighted by atomic mass is 10.2. The molecule has 4 heteroatoms. The van der Waals surface area contributed by atoms with Crippen LogP contribution in [0.15, 0.2) is 0 Å². The van der Waals surface area contributed by atoms with Crippen LogP contribution in [0.2, 0.25) is 0 Å². The Bertz CT molecular complexity index is 212. The Balaban J connectivity index is 2.32. The quantitative estimate of drug-likeness (QED) is 0.466. The number of aliphatic hydroxyl groups excluding tert-OH is 1. The van der Waals surface area contributed by atoms with E-state index in [2.05, 4.69) is 11.8 Å². The maximum atomic E-state index is 12.2. The third-order valence-electron chi connectivity index (χ3n) is 1.40. The molecule has 60 valence electrons. The number of carbonyl (C=O) groups excluding carboxylic acids is 1. The zero-order valence-electron chi connectivity index (χ0n) is 5.88. The number of aliphatic hydroxyl groups is 1. The summed E-state index contributed by atoms with van der Waals surface area (Å²) in [7, 11) is 0. The second-order valence-electron chi connectivity index (χ2n) is 2.27. The lowest BCUT2D eigenvalue weighted by Gasteiger charge is -2.32. The molecule has 0 aliphatic carbocycles. The molecule has 1 fully saturated rings. The largest absolute Gasteiger partial charge is 0.384 e. The van der Waals surface area contributed by atoms with Gasteiger partial charge in [0.2, 0.25) is 0 Å². The van der Waals surface area contributed by atoms with Crippen LogP contribution in [-0.4, -0.2) is 41.8 Å². The fourth-order valence-corrected chi connectivity index (χ4v) is 0.785. The number of carbonyl (C=O) groups is 1. The first-order valence-corrected chi connectivity index (χ1v) is 3.26. The number of halogens is 1. The van der Waals surface area contributed by atoms with Crippen LogP contribution in [0.5, 0.6) is 0 Å². The molecule has 0 aromatic heterocycles. The monoisotopic (exact) mass is 157 g/mol. The van der Waals surface area contributed by atoms with Gasteiger partial charge in [0, 0.05) is 0 Å². The van der Waals surface area contributed by atoms with E-state index < -0.39 is 12.1 Å². The van der Waals surface area contributed by atoms with E-state index in [1.165, 1.54) is 4.90 Å². The molecule has 0 unspecified atom stereocenters. The molecule has 0 bridgehead atoms. The second kappa shape index (κ2) is 3.35. The van der Waals surface area contributed by atoms with E-state index in [9.17, 15) is 9.18 Å². The Morgan fingerprint density at radius 2 is 2.36 bits per heavy atom. The van der Waals surface area contributed by atoms with Gasteiger partial charge in [-0.15, -0.1) is 0 Å². The summed E-state index contributed by atoms with van der Waals surface area (Å²) in [6.07, 6.45) is -0.894. The summed E-state index contributed by atoms with van der Waals surface area (Å²) in [4.78, 5) is 12.1. The summed E-state index contributed by atoms with van der Waals surface area (Å²) in [6, 6.07) is 0. The van der Waals surface area contributed by atoms with Gasteiger partial charge in [0.15, 0.2) is 0 Å². The van der Waals surface area contributed by atoms with Crippen LogP contribution < -0.4 is 0 Å². The highest BCUT2D eigenvalue weighted by Gasteiger charge is 2.29. The molecule has 3 nitrogen and oxygen atoms in total. The van der Waals surface area contributed by atoms with Gasteiger partial charge in [-0.3, -0.25) is 4.79 Å². The van der Waals surface area contributed by atoms with Gasteiger partial charge in [0.05, 0.1) is 13.1 Å². The van der Waals surface area contributed by atoms with Crippen molar-refractivity contribution in [2.24, 2.45) is 0 Å². The van der Waals surface area contributed by atoms with Crippen LogP contribution in [0.1, 0.15) is 0 Å². The number of hydrogen-bond acceptors (Lipinski definition) is 2. The van der Waals surface area contributed by atoms with E-state index in [0.29, 0.717) is 0 Å². The van der Waals surface area contributed by atoms with E-state index >= 15 is 0 Å². The highest BCUT2D eigenvalue weighted by molar-refractivity contribution is 5.94. The number of amides is 1. The van der Waals surface area contributed by atoms with E-state index in [4.69, 9.17) is 5.11 Å². The molecule has 0 aromatic rings. The topological polar surface area (TPSA) is 40.5 Å². The van der Waals surface area contributed by atoms with Crippen LogP contribution in [0, 0.1) is 11.8 Å². The molecule has 0 radical (unpaired) electrons. The first kappa shape index (κ1) is 8.02. The summed E-state index contributed by atoms with van der Waals surface area (Å²) in [5, 5.41) is 8.22. The van der Waals surface area contributed by atoms with Gasteiger partial charge in [-0.2, -0.15) is 0 Å². The van der Waals surface area contributed by atoms with Crippen LogP contribution in [0.4, 0.5) is 4.39 Å². The first-order valence-electron chi connectivity index (χ1n) is 3.26. The van der Waals surface area contributed by atoms with E-state index in [-0.39, 0.29) is 19.7 Å². The average Bonchev–Trinajstić information content (AvgIpc) is 1.94. The molecule has 11 heavy (non-hydrogen) atoms. The van der Waals surface area contributed by atoms with Crippen LogP contribution in [0.3, 0.4) is 0 Å². The minimum Gasteiger partial charge on any atom is -0.384 e. The number of alkyl halides is 1. The second-order valence-corrected chi connectivity index (χ2v) is 2.27. The fraction of sp³-hybridized carbons (Fsp3) is 0.571. The lowest BCUT2D eigenvalue weighted by molar-refractivity contribution is -0.131. The average molecular weight is 157 g/mol. The fourth-order valence-electron chi connectivity index (χ4n) is 0.785. The lowest BCUT2D eigenvalue weighted by Crippen LogP contribution is -2.51. The van der Waals surface area contributed by atoms with Gasteiger partial charge >= 0.3 is 0 Å². The standard InChI is InChI=1S/C7H8FNO2/c8-6-4-9(5-6)7(11)2-1-3-10/h6,10H,3-5H2. The van der Waals surface area contributed by atoms with E-state index in [1.807, 2.05) is 0 Å². The summed E-state index contributed by atoms with van der Waals surface area (Å²) in [5.74, 6) is 3.97. The van der Waals surface area contributed by atoms with Gasteiger partial charge in [0.1, 0.15) is 12.8 Å². The summed E-state index contributed by atoms with van der Waals surface area (Å²) in [6.45, 7) is -0.0590. The SMILES string of the molecule is O=C(C#CCO)N1CC(F)C1. The Morgan fingerprint density at radius 1 is 1.73 bits per heavy atom. The molecular weight excluding hydrogens is 149 g/mol. The highest BCUT2D eigenvalue weighted by atomic mass is 19.1. The van der Waals surface area contributed by atoms with Crippen molar-refractivity contribution in [2.75, 3.05) is 19.7 Å². The van der Waals surface area contributed by atoms with Crippen molar-refractivity contribution >= 4 is 5.91 Å². The first-order chi connectivity index (χ1) is 5.24. The third kappa shape index (κ3) is 1.92. The normalized spacial score (nSPS) is 16.7. The molecule has 1 heterocycles. The van der Waals surface area contributed by atoms with Crippen LogP contribution in [-0.2, 0) is 4.79 Å². The van der Waals surface area contributed by atoms with Gasteiger partial charge < -0.3 is 10.0 Å². The van der Waals surface area contributed by atoms with E-state index in [1.54, 1.807) is 0 Å². The maximum absolute atomic E-state index is 12.2. The predicted molar refractivity (Wildman–Crippen MR) is 36.3 cm³/mol. The molecule has 1 aliphatic heterocycles. The van der Waals surface area contributed by atoms with Crippen LogP contribution >= 0.6 is 0 Å². The van der Waals surface area contributed by atoms with Crippen molar-refractivity contribution in [3.05, 3.63) is 0 Å². The van der Waals surface area contributed by atoms with Crippen molar-refractivity contribution in [3.8, 4) is 11.8 Å². The number of nitrogens with zero attached hydrogens (tertiary/aromatic N) is 1. The highest BCUT2D eigenvalue weighted by Crippen LogP contribution is 2.10. The molecule has 1 amide bonds. The molecule has 0 aromatic carbocycles. The molecule has 0 spiro atoms. The van der Waals surface area contributed by atoms with Gasteiger partial charge in [-0.05, 0) is 5.92 Å². The summed E-state index contributed by atoms with van der Waals surface area (Å²) < 4.78 is 12.2. The molecular formula is C7H8FNO2. The van der Waals surface area contributed by atoms with Crippen molar-refractivity contribution in [3.63, 3.8) is 0 Å². The van der Waals surface area contributed by atoms with Crippen molar-refractivity contribution < 1.29 is 14.3 Å². The minimum absolute atomic E-state index is 0.138. The Labute approximate surface area is 63.8 Å². The third-order valence-corrected chi connectivity index (χ3v) is 1.40. The Hall–Kier alpha value is -1.08. The molecule has 1 rings (SSSR count). The van der Waals surface area contributed by atoms with Gasteiger partial charge in [-0.25, -0.2) is 4.39 Å². The molecule has 0 saturated carbocycles.